The molecular formula is C17H19N3O2S. The van der Waals surface area contributed by atoms with Gasteiger partial charge in [-0.25, -0.2) is 4.79 Å². The summed E-state index contributed by atoms with van der Waals surface area (Å²) in [7, 11) is 1.94. The number of hydrogen-bond donors (Lipinski definition) is 3. The Balaban J connectivity index is 1.58. The van der Waals surface area contributed by atoms with Gasteiger partial charge in [0, 0.05) is 41.1 Å². The SMILES string of the molecule is Cn1cc([C@@H](O)CNC(=O)NCc2cccs2)c2ccccc21. The number of para-hydroxylation sites is 1. The maximum atomic E-state index is 11.8. The molecule has 5 nitrogen and oxygen atoms in total. The first-order chi connectivity index (χ1) is 11.1. The number of amides is 2. The first-order valence-electron chi connectivity index (χ1n) is 7.41. The van der Waals surface area contributed by atoms with Crippen LogP contribution in [-0.2, 0) is 13.6 Å². The van der Waals surface area contributed by atoms with Gasteiger partial charge in [-0.05, 0) is 17.5 Å². The van der Waals surface area contributed by atoms with Gasteiger partial charge in [0.2, 0.25) is 0 Å². The molecule has 2 heterocycles. The van der Waals surface area contributed by atoms with E-state index in [2.05, 4.69) is 10.6 Å². The van der Waals surface area contributed by atoms with Gasteiger partial charge < -0.3 is 20.3 Å². The molecule has 0 saturated heterocycles. The molecule has 1 aromatic carbocycles. The average Bonchev–Trinajstić information content (AvgIpc) is 3.19. The number of hydrogen-bond acceptors (Lipinski definition) is 3. The molecule has 2 aromatic heterocycles. The standard InChI is InChI=1S/C17H19N3O2S/c1-20-11-14(13-6-2-3-7-15(13)20)16(21)10-19-17(22)18-9-12-5-4-8-23-12/h2-8,11,16,21H,9-10H2,1H3,(H2,18,19,22)/t16-/m0/s1. The lowest BCUT2D eigenvalue weighted by Gasteiger charge is -2.12. The largest absolute Gasteiger partial charge is 0.386 e. The number of nitrogens with zero attached hydrogens (tertiary/aromatic N) is 1. The van der Waals surface area contributed by atoms with Gasteiger partial charge in [-0.1, -0.05) is 24.3 Å². The van der Waals surface area contributed by atoms with Crippen molar-refractivity contribution in [3.05, 3.63) is 58.4 Å². The van der Waals surface area contributed by atoms with Crippen LogP contribution in [0.15, 0.2) is 48.0 Å². The van der Waals surface area contributed by atoms with Gasteiger partial charge >= 0.3 is 6.03 Å². The minimum absolute atomic E-state index is 0.171. The van der Waals surface area contributed by atoms with E-state index in [1.165, 1.54) is 0 Å². The summed E-state index contributed by atoms with van der Waals surface area (Å²) in [5, 5.41) is 18.8. The summed E-state index contributed by atoms with van der Waals surface area (Å²) < 4.78 is 1.98. The van der Waals surface area contributed by atoms with Crippen molar-refractivity contribution in [1.29, 1.82) is 0 Å². The lowest BCUT2D eigenvalue weighted by atomic mass is 10.1. The molecule has 3 aromatic rings. The third kappa shape index (κ3) is 3.55. The maximum absolute atomic E-state index is 11.8. The van der Waals surface area contributed by atoms with Crippen molar-refractivity contribution in [3.8, 4) is 0 Å². The Morgan fingerprint density at radius 1 is 1.26 bits per heavy atom. The predicted octanol–water partition coefficient (Wildman–Crippen LogP) is 2.77. The summed E-state index contributed by atoms with van der Waals surface area (Å²) in [6, 6.07) is 11.5. The van der Waals surface area contributed by atoms with Gasteiger partial charge in [-0.3, -0.25) is 0 Å². The normalized spacial score (nSPS) is 12.3. The lowest BCUT2D eigenvalue weighted by molar-refractivity contribution is 0.174. The van der Waals surface area contributed by atoms with Crippen LogP contribution >= 0.6 is 11.3 Å². The number of carbonyl (C=O) groups is 1. The van der Waals surface area contributed by atoms with Crippen LogP contribution in [0.1, 0.15) is 16.5 Å². The van der Waals surface area contributed by atoms with Crippen LogP contribution in [0.2, 0.25) is 0 Å². The molecule has 2 amide bonds. The van der Waals surface area contributed by atoms with E-state index in [9.17, 15) is 9.90 Å². The minimum Gasteiger partial charge on any atom is -0.386 e. The Morgan fingerprint density at radius 2 is 2.09 bits per heavy atom. The number of thiophene rings is 1. The summed E-state index contributed by atoms with van der Waals surface area (Å²) in [5.74, 6) is 0. The summed E-state index contributed by atoms with van der Waals surface area (Å²) in [5.41, 5.74) is 1.88. The van der Waals surface area contributed by atoms with Gasteiger partial charge in [-0.15, -0.1) is 11.3 Å². The van der Waals surface area contributed by atoms with E-state index in [-0.39, 0.29) is 12.6 Å². The molecule has 0 radical (unpaired) electrons. The molecule has 0 unspecified atom stereocenters. The highest BCUT2D eigenvalue weighted by molar-refractivity contribution is 7.09. The molecule has 6 heteroatoms. The van der Waals surface area contributed by atoms with E-state index in [4.69, 9.17) is 0 Å². The second-order valence-electron chi connectivity index (χ2n) is 5.37. The summed E-state index contributed by atoms with van der Waals surface area (Å²) >= 11 is 1.60. The number of aromatic nitrogens is 1. The lowest BCUT2D eigenvalue weighted by Crippen LogP contribution is -2.37. The van der Waals surface area contributed by atoms with E-state index in [1.807, 2.05) is 59.6 Å². The number of aryl methyl sites for hydroxylation is 1. The van der Waals surface area contributed by atoms with Gasteiger partial charge in [0.1, 0.15) is 0 Å². The second-order valence-corrected chi connectivity index (χ2v) is 6.40. The molecule has 0 spiro atoms. The molecule has 0 aliphatic carbocycles. The third-order valence-electron chi connectivity index (χ3n) is 3.75. The zero-order valence-corrected chi connectivity index (χ0v) is 13.6. The smallest absolute Gasteiger partial charge is 0.315 e. The van der Waals surface area contributed by atoms with E-state index in [0.29, 0.717) is 6.54 Å². The molecule has 0 aliphatic heterocycles. The number of nitrogens with one attached hydrogen (secondary N) is 2. The molecule has 120 valence electrons. The van der Waals surface area contributed by atoms with Gasteiger partial charge in [-0.2, -0.15) is 0 Å². The van der Waals surface area contributed by atoms with Crippen molar-refractivity contribution in [2.75, 3.05) is 6.54 Å². The molecule has 3 N–H and O–H groups in total. The Labute approximate surface area is 138 Å². The zero-order chi connectivity index (χ0) is 16.2. The summed E-state index contributed by atoms with van der Waals surface area (Å²) in [6.07, 6.45) is 1.16. The van der Waals surface area contributed by atoms with Crippen molar-refractivity contribution >= 4 is 28.3 Å². The molecule has 0 saturated carbocycles. The molecular weight excluding hydrogens is 310 g/mol. The van der Waals surface area contributed by atoms with Gasteiger partial charge in [0.05, 0.1) is 12.6 Å². The van der Waals surface area contributed by atoms with Gasteiger partial charge in [0.15, 0.2) is 0 Å². The monoisotopic (exact) mass is 329 g/mol. The van der Waals surface area contributed by atoms with Crippen LogP contribution in [0.25, 0.3) is 10.9 Å². The fourth-order valence-electron chi connectivity index (χ4n) is 2.58. The Bertz CT molecular complexity index is 795. The van der Waals surface area contributed by atoms with Crippen molar-refractivity contribution in [2.24, 2.45) is 7.05 Å². The number of rotatable bonds is 5. The van der Waals surface area contributed by atoms with E-state index < -0.39 is 6.10 Å². The quantitative estimate of drug-likeness (QED) is 0.674. The fraction of sp³-hybridized carbons (Fsp3) is 0.235. The zero-order valence-electron chi connectivity index (χ0n) is 12.8. The number of urea groups is 1. The predicted molar refractivity (Wildman–Crippen MR) is 92.4 cm³/mol. The number of fused-ring (bicyclic) bond motifs is 1. The van der Waals surface area contributed by atoms with Crippen LogP contribution in [-0.4, -0.2) is 22.2 Å². The van der Waals surface area contributed by atoms with Crippen LogP contribution in [0, 0.1) is 0 Å². The van der Waals surface area contributed by atoms with E-state index in [1.54, 1.807) is 11.3 Å². The second kappa shape index (κ2) is 6.85. The highest BCUT2D eigenvalue weighted by atomic mass is 32.1. The van der Waals surface area contributed by atoms with Crippen LogP contribution in [0.3, 0.4) is 0 Å². The Hall–Kier alpha value is -2.31. The molecule has 1 atom stereocenters. The van der Waals surface area contributed by atoms with Crippen LogP contribution < -0.4 is 10.6 Å². The number of aliphatic hydroxyl groups is 1. The highest BCUT2D eigenvalue weighted by Gasteiger charge is 2.15. The third-order valence-corrected chi connectivity index (χ3v) is 4.62. The first-order valence-corrected chi connectivity index (χ1v) is 8.29. The van der Waals surface area contributed by atoms with Crippen molar-refractivity contribution in [3.63, 3.8) is 0 Å². The van der Waals surface area contributed by atoms with Crippen LogP contribution in [0.5, 0.6) is 0 Å². The Morgan fingerprint density at radius 3 is 2.87 bits per heavy atom. The highest BCUT2D eigenvalue weighted by Crippen LogP contribution is 2.25. The maximum Gasteiger partial charge on any atom is 0.315 e. The number of carbonyl (C=O) groups excluding carboxylic acids is 1. The first kappa shape index (κ1) is 15.6. The fourth-order valence-corrected chi connectivity index (χ4v) is 3.23. The molecule has 23 heavy (non-hydrogen) atoms. The van der Waals surface area contributed by atoms with Crippen LogP contribution in [0.4, 0.5) is 4.79 Å². The molecule has 0 fully saturated rings. The molecule has 3 rings (SSSR count). The molecule has 0 aliphatic rings. The molecule has 0 bridgehead atoms. The van der Waals surface area contributed by atoms with Gasteiger partial charge in [0.25, 0.3) is 0 Å². The van der Waals surface area contributed by atoms with Crippen molar-refractivity contribution in [1.82, 2.24) is 15.2 Å². The average molecular weight is 329 g/mol. The number of benzene rings is 1. The van der Waals surface area contributed by atoms with Crippen molar-refractivity contribution in [2.45, 2.75) is 12.6 Å². The summed E-state index contributed by atoms with van der Waals surface area (Å²) in [6.45, 7) is 0.665. The van der Waals surface area contributed by atoms with E-state index in [0.717, 1.165) is 21.3 Å². The number of aliphatic hydroxyl groups excluding tert-OH is 1. The summed E-state index contributed by atoms with van der Waals surface area (Å²) in [4.78, 5) is 12.9. The van der Waals surface area contributed by atoms with E-state index >= 15 is 0 Å². The Kier molecular flexibility index (Phi) is 4.64. The minimum atomic E-state index is -0.742. The topological polar surface area (TPSA) is 66.3 Å². The van der Waals surface area contributed by atoms with Crippen molar-refractivity contribution < 1.29 is 9.90 Å².